The van der Waals surface area contributed by atoms with E-state index in [4.69, 9.17) is 6.42 Å². The van der Waals surface area contributed by atoms with Crippen molar-refractivity contribution in [3.05, 3.63) is 58.9 Å². The highest BCUT2D eigenvalue weighted by atomic mass is 32.2. The fraction of sp³-hybridized carbons (Fsp3) is 0.333. The van der Waals surface area contributed by atoms with Crippen LogP contribution in [0.3, 0.4) is 0 Å². The maximum absolute atomic E-state index is 13.1. The molecule has 166 valence electrons. The van der Waals surface area contributed by atoms with Gasteiger partial charge in [0.25, 0.3) is 5.91 Å². The molecule has 2 atom stereocenters. The van der Waals surface area contributed by atoms with Crippen LogP contribution in [0.2, 0.25) is 0 Å². The van der Waals surface area contributed by atoms with E-state index in [0.29, 0.717) is 41.8 Å². The second-order valence-corrected chi connectivity index (χ2v) is 11.3. The fourth-order valence-electron chi connectivity index (χ4n) is 4.22. The number of fused-ring (bicyclic) bond motifs is 1. The third-order valence-electron chi connectivity index (χ3n) is 5.61. The Labute approximate surface area is 192 Å². The van der Waals surface area contributed by atoms with Crippen molar-refractivity contribution in [1.29, 1.82) is 0 Å². The van der Waals surface area contributed by atoms with Gasteiger partial charge in [-0.3, -0.25) is 4.79 Å². The minimum Gasteiger partial charge on any atom is -0.305 e. The Morgan fingerprint density at radius 1 is 1.12 bits per heavy atom. The van der Waals surface area contributed by atoms with E-state index in [-0.39, 0.29) is 4.90 Å². The molecule has 0 bridgehead atoms. The molecule has 2 aromatic carbocycles. The SMILES string of the molecule is C#CCn1c(=NC(=O)c2ccc(S(=O)(=O)N3CC(C)CC(C)C3)cc2)sc2ccccc21. The minimum atomic E-state index is -3.59. The first-order chi connectivity index (χ1) is 15.3. The molecule has 1 amide bonds. The summed E-state index contributed by atoms with van der Waals surface area (Å²) in [6.07, 6.45) is 6.53. The average Bonchev–Trinajstić information content (AvgIpc) is 3.10. The zero-order valence-corrected chi connectivity index (χ0v) is 19.7. The van der Waals surface area contributed by atoms with E-state index in [1.165, 1.54) is 35.6 Å². The molecule has 8 heteroatoms. The lowest BCUT2D eigenvalue weighted by Crippen LogP contribution is -2.42. The number of benzene rings is 2. The molecule has 0 saturated carbocycles. The molecular formula is C24H25N3O3S2. The summed E-state index contributed by atoms with van der Waals surface area (Å²) in [5.74, 6) is 2.81. The van der Waals surface area contributed by atoms with Crippen LogP contribution >= 0.6 is 11.3 Å². The van der Waals surface area contributed by atoms with Crippen LogP contribution in [0.15, 0.2) is 58.4 Å². The molecule has 1 fully saturated rings. The van der Waals surface area contributed by atoms with Crippen LogP contribution < -0.4 is 4.80 Å². The number of piperidine rings is 1. The van der Waals surface area contributed by atoms with Crippen molar-refractivity contribution >= 4 is 37.5 Å². The van der Waals surface area contributed by atoms with Crippen molar-refractivity contribution < 1.29 is 13.2 Å². The summed E-state index contributed by atoms with van der Waals surface area (Å²) in [5, 5.41) is 0. The summed E-state index contributed by atoms with van der Waals surface area (Å²) >= 11 is 1.39. The number of thiazole rings is 1. The van der Waals surface area contributed by atoms with Gasteiger partial charge in [0, 0.05) is 18.7 Å². The van der Waals surface area contributed by atoms with Gasteiger partial charge in [0.2, 0.25) is 10.0 Å². The van der Waals surface area contributed by atoms with Crippen molar-refractivity contribution in [3.8, 4) is 12.3 Å². The molecule has 2 heterocycles. The van der Waals surface area contributed by atoms with E-state index in [0.717, 1.165) is 16.6 Å². The Kier molecular flexibility index (Phi) is 6.33. The second kappa shape index (κ2) is 9.02. The molecule has 1 aliphatic rings. The number of rotatable bonds is 4. The molecule has 0 aliphatic carbocycles. The van der Waals surface area contributed by atoms with Crippen LogP contribution in [-0.4, -0.2) is 36.3 Å². The average molecular weight is 468 g/mol. The highest BCUT2D eigenvalue weighted by molar-refractivity contribution is 7.89. The molecule has 3 aromatic rings. The molecule has 2 unspecified atom stereocenters. The number of hydrogen-bond donors (Lipinski definition) is 0. The van der Waals surface area contributed by atoms with Crippen LogP contribution in [0, 0.1) is 24.2 Å². The van der Waals surface area contributed by atoms with E-state index in [9.17, 15) is 13.2 Å². The van der Waals surface area contributed by atoms with E-state index in [1.807, 2.05) is 28.8 Å². The van der Waals surface area contributed by atoms with Crippen molar-refractivity contribution in [1.82, 2.24) is 8.87 Å². The predicted octanol–water partition coefficient (Wildman–Crippen LogP) is 3.74. The molecule has 1 saturated heterocycles. The van der Waals surface area contributed by atoms with Crippen LogP contribution in [0.25, 0.3) is 10.2 Å². The van der Waals surface area contributed by atoms with Crippen molar-refractivity contribution in [2.75, 3.05) is 13.1 Å². The van der Waals surface area contributed by atoms with E-state index >= 15 is 0 Å². The van der Waals surface area contributed by atoms with Gasteiger partial charge in [0.1, 0.15) is 0 Å². The first-order valence-corrected chi connectivity index (χ1v) is 12.8. The van der Waals surface area contributed by atoms with Crippen LogP contribution in [-0.2, 0) is 16.6 Å². The summed E-state index contributed by atoms with van der Waals surface area (Å²) in [4.78, 5) is 17.8. The summed E-state index contributed by atoms with van der Waals surface area (Å²) in [6.45, 7) is 5.48. The largest absolute Gasteiger partial charge is 0.305 e. The number of sulfonamides is 1. The number of carbonyl (C=O) groups is 1. The van der Waals surface area contributed by atoms with Crippen molar-refractivity contribution in [2.24, 2.45) is 16.8 Å². The number of nitrogens with zero attached hydrogens (tertiary/aromatic N) is 3. The maximum atomic E-state index is 13.1. The summed E-state index contributed by atoms with van der Waals surface area (Å²) in [5.41, 5.74) is 1.25. The molecular weight excluding hydrogens is 442 g/mol. The molecule has 4 rings (SSSR count). The van der Waals surface area contributed by atoms with E-state index in [1.54, 1.807) is 4.31 Å². The van der Waals surface area contributed by atoms with E-state index in [2.05, 4.69) is 24.8 Å². The monoisotopic (exact) mass is 467 g/mol. The van der Waals surface area contributed by atoms with Gasteiger partial charge in [-0.05, 0) is 54.7 Å². The highest BCUT2D eigenvalue weighted by Crippen LogP contribution is 2.27. The molecule has 0 radical (unpaired) electrons. The van der Waals surface area contributed by atoms with Crippen LogP contribution in [0.5, 0.6) is 0 Å². The quantitative estimate of drug-likeness (QED) is 0.549. The predicted molar refractivity (Wildman–Crippen MR) is 127 cm³/mol. The van der Waals surface area contributed by atoms with Gasteiger partial charge >= 0.3 is 0 Å². The molecule has 6 nitrogen and oxygen atoms in total. The fourth-order valence-corrected chi connectivity index (χ4v) is 6.93. The zero-order valence-electron chi connectivity index (χ0n) is 18.1. The smallest absolute Gasteiger partial charge is 0.279 e. The van der Waals surface area contributed by atoms with Crippen LogP contribution in [0.1, 0.15) is 30.6 Å². The maximum Gasteiger partial charge on any atom is 0.279 e. The van der Waals surface area contributed by atoms with Crippen LogP contribution in [0.4, 0.5) is 0 Å². The first-order valence-electron chi connectivity index (χ1n) is 10.5. The third kappa shape index (κ3) is 4.42. The summed E-state index contributed by atoms with van der Waals surface area (Å²) in [7, 11) is -3.59. The molecule has 1 aliphatic heterocycles. The zero-order chi connectivity index (χ0) is 22.9. The summed E-state index contributed by atoms with van der Waals surface area (Å²) < 4.78 is 30.5. The van der Waals surface area contributed by atoms with Crippen molar-refractivity contribution in [3.63, 3.8) is 0 Å². The number of carbonyl (C=O) groups excluding carboxylic acids is 1. The minimum absolute atomic E-state index is 0.194. The van der Waals surface area contributed by atoms with Gasteiger partial charge in [0.05, 0.1) is 21.7 Å². The Balaban J connectivity index is 1.63. The molecule has 1 aromatic heterocycles. The Hall–Kier alpha value is -2.73. The molecule has 32 heavy (non-hydrogen) atoms. The van der Waals surface area contributed by atoms with Gasteiger partial charge in [-0.15, -0.1) is 6.42 Å². The number of para-hydroxylation sites is 1. The Morgan fingerprint density at radius 3 is 2.44 bits per heavy atom. The normalized spacial score (nSPS) is 20.3. The van der Waals surface area contributed by atoms with Gasteiger partial charge in [-0.25, -0.2) is 8.42 Å². The summed E-state index contributed by atoms with van der Waals surface area (Å²) in [6, 6.07) is 13.8. The number of hydrogen-bond acceptors (Lipinski definition) is 4. The highest BCUT2D eigenvalue weighted by Gasteiger charge is 2.31. The molecule has 0 N–H and O–H groups in total. The standard InChI is InChI=1S/C24H25N3O3S2/c1-4-13-27-21-7-5-6-8-22(21)31-24(27)25-23(28)19-9-11-20(12-10-19)32(29,30)26-15-17(2)14-18(3)16-26/h1,5-12,17-18H,13-16H2,2-3H3. The van der Waals surface area contributed by atoms with Gasteiger partial charge in [-0.2, -0.15) is 9.30 Å². The lowest BCUT2D eigenvalue weighted by molar-refractivity contribution is 0.0998. The first kappa shape index (κ1) is 22.5. The third-order valence-corrected chi connectivity index (χ3v) is 8.51. The lowest BCUT2D eigenvalue weighted by Gasteiger charge is -2.34. The number of aromatic nitrogens is 1. The van der Waals surface area contributed by atoms with Gasteiger partial charge < -0.3 is 4.57 Å². The van der Waals surface area contributed by atoms with Gasteiger partial charge in [-0.1, -0.05) is 43.2 Å². The lowest BCUT2D eigenvalue weighted by atomic mass is 9.94. The number of amides is 1. The van der Waals surface area contributed by atoms with Crippen molar-refractivity contribution in [2.45, 2.75) is 31.7 Å². The second-order valence-electron chi connectivity index (χ2n) is 8.35. The topological polar surface area (TPSA) is 71.7 Å². The molecule has 0 spiro atoms. The van der Waals surface area contributed by atoms with E-state index < -0.39 is 15.9 Å². The Bertz CT molecular complexity index is 1350. The Morgan fingerprint density at radius 2 is 1.78 bits per heavy atom. The number of terminal acetylenes is 1. The van der Waals surface area contributed by atoms with Gasteiger partial charge in [0.15, 0.2) is 4.80 Å².